The first-order valence-corrected chi connectivity index (χ1v) is 9.49. The fourth-order valence-electron chi connectivity index (χ4n) is 4.81. The average molecular weight is 379 g/mol. The van der Waals surface area contributed by atoms with E-state index in [2.05, 4.69) is 5.32 Å². The smallest absolute Gasteiger partial charge is 0.352 e. The number of amides is 3. The minimum absolute atomic E-state index is 0.00649. The van der Waals surface area contributed by atoms with Gasteiger partial charge >= 0.3 is 12.0 Å². The van der Waals surface area contributed by atoms with Gasteiger partial charge in [-0.15, -0.1) is 0 Å². The minimum atomic E-state index is -1.15. The van der Waals surface area contributed by atoms with Crippen molar-refractivity contribution in [2.24, 2.45) is 11.8 Å². The molecule has 1 aliphatic carbocycles. The van der Waals surface area contributed by atoms with Crippen molar-refractivity contribution in [1.29, 1.82) is 0 Å². The molecule has 2 fully saturated rings. The second kappa shape index (κ2) is 6.51. The number of aliphatic hydroxyl groups excluding tert-OH is 1. The van der Waals surface area contributed by atoms with Crippen LogP contribution in [0.4, 0.5) is 4.79 Å². The Morgan fingerprint density at radius 3 is 2.44 bits per heavy atom. The predicted molar refractivity (Wildman–Crippen MR) is 97.6 cm³/mol. The molecule has 3 aliphatic rings. The van der Waals surface area contributed by atoms with Crippen molar-refractivity contribution >= 4 is 17.9 Å². The number of carboxylic acids is 1. The minimum Gasteiger partial charge on any atom is -0.477 e. The van der Waals surface area contributed by atoms with Crippen LogP contribution in [0.5, 0.6) is 0 Å². The van der Waals surface area contributed by atoms with E-state index in [-0.39, 0.29) is 35.6 Å². The number of carbonyl (C=O) groups is 3. The van der Waals surface area contributed by atoms with E-state index in [1.54, 1.807) is 18.9 Å². The maximum absolute atomic E-state index is 12.7. The average Bonchev–Trinajstić information content (AvgIpc) is 2.83. The Morgan fingerprint density at radius 2 is 1.93 bits per heavy atom. The van der Waals surface area contributed by atoms with Gasteiger partial charge in [0.15, 0.2) is 0 Å². The molecule has 8 nitrogen and oxygen atoms in total. The quantitative estimate of drug-likeness (QED) is 0.637. The largest absolute Gasteiger partial charge is 0.477 e. The predicted octanol–water partition coefficient (Wildman–Crippen LogP) is 1.16. The molecule has 1 saturated carbocycles. The molecule has 2 aliphatic heterocycles. The van der Waals surface area contributed by atoms with Crippen molar-refractivity contribution in [2.75, 3.05) is 7.05 Å². The van der Waals surface area contributed by atoms with Crippen LogP contribution in [0.1, 0.15) is 47.0 Å². The highest BCUT2D eigenvalue weighted by atomic mass is 16.4. The zero-order valence-electron chi connectivity index (χ0n) is 16.5. The Hall–Kier alpha value is -2.09. The zero-order valence-corrected chi connectivity index (χ0v) is 16.5. The van der Waals surface area contributed by atoms with Gasteiger partial charge in [0.1, 0.15) is 5.70 Å². The summed E-state index contributed by atoms with van der Waals surface area (Å²) in [6, 6.07) is -0.955. The highest BCUT2D eigenvalue weighted by Crippen LogP contribution is 2.52. The van der Waals surface area contributed by atoms with Crippen molar-refractivity contribution in [3.05, 3.63) is 11.3 Å². The standard InChI is InChI=1S/C19H29N3O5/c1-9(23)12-14-10-7-6-8-11(21(5)18(27)20-19(2,3)4)13(10)15(17(25)26)22(14)16(12)24/h9-12,14,23H,6-8H2,1-5H3,(H,20,27)(H,25,26)/t9-,10+,11+,12-,14-/m1/s1. The van der Waals surface area contributed by atoms with E-state index in [0.29, 0.717) is 12.0 Å². The molecule has 1 saturated heterocycles. The lowest BCUT2D eigenvalue weighted by Gasteiger charge is -2.48. The molecule has 3 N–H and O–H groups in total. The van der Waals surface area contributed by atoms with Gasteiger partial charge in [-0.2, -0.15) is 0 Å². The summed E-state index contributed by atoms with van der Waals surface area (Å²) in [5, 5.41) is 22.7. The summed E-state index contributed by atoms with van der Waals surface area (Å²) in [6.45, 7) is 7.23. The Bertz CT molecular complexity index is 709. The number of fused-ring (bicyclic) bond motifs is 3. The number of β-lactam (4-membered cyclic amide) rings is 1. The molecule has 0 unspecified atom stereocenters. The first-order chi connectivity index (χ1) is 12.5. The van der Waals surface area contributed by atoms with Crippen molar-refractivity contribution in [3.8, 4) is 0 Å². The number of carbonyl (C=O) groups excluding carboxylic acids is 2. The molecule has 3 rings (SSSR count). The van der Waals surface area contributed by atoms with Gasteiger partial charge < -0.3 is 25.3 Å². The Kier molecular flexibility index (Phi) is 4.74. The molecule has 0 radical (unpaired) electrons. The van der Waals surface area contributed by atoms with E-state index >= 15 is 0 Å². The van der Waals surface area contributed by atoms with Crippen LogP contribution in [0.15, 0.2) is 11.3 Å². The Morgan fingerprint density at radius 1 is 1.30 bits per heavy atom. The number of nitrogens with one attached hydrogen (secondary N) is 1. The molecule has 5 atom stereocenters. The molecule has 0 bridgehead atoms. The van der Waals surface area contributed by atoms with E-state index in [4.69, 9.17) is 0 Å². The van der Waals surface area contributed by atoms with Crippen molar-refractivity contribution in [2.45, 2.75) is 70.7 Å². The number of hydrogen-bond acceptors (Lipinski definition) is 4. The molecule has 150 valence electrons. The van der Waals surface area contributed by atoms with Gasteiger partial charge in [0, 0.05) is 18.5 Å². The van der Waals surface area contributed by atoms with Crippen molar-refractivity contribution in [3.63, 3.8) is 0 Å². The molecule has 0 aromatic heterocycles. The van der Waals surface area contributed by atoms with E-state index in [0.717, 1.165) is 12.8 Å². The maximum atomic E-state index is 12.7. The Labute approximate surface area is 159 Å². The summed E-state index contributed by atoms with van der Waals surface area (Å²) >= 11 is 0. The van der Waals surface area contributed by atoms with Crippen LogP contribution in [0.25, 0.3) is 0 Å². The van der Waals surface area contributed by atoms with Gasteiger partial charge in [-0.1, -0.05) is 6.42 Å². The summed E-state index contributed by atoms with van der Waals surface area (Å²) in [5.41, 5.74) is 0.253. The highest BCUT2D eigenvalue weighted by molar-refractivity contribution is 6.00. The number of rotatable bonds is 3. The Balaban J connectivity index is 1.96. The lowest BCUT2D eigenvalue weighted by molar-refractivity contribution is -0.163. The van der Waals surface area contributed by atoms with E-state index in [9.17, 15) is 24.6 Å². The van der Waals surface area contributed by atoms with Gasteiger partial charge in [0.2, 0.25) is 5.91 Å². The topological polar surface area (TPSA) is 110 Å². The normalized spacial score (nSPS) is 31.0. The number of aliphatic carboxylic acids is 1. The van der Waals surface area contributed by atoms with Gasteiger partial charge in [-0.3, -0.25) is 4.79 Å². The second-order valence-electron chi connectivity index (χ2n) is 8.92. The van der Waals surface area contributed by atoms with Gasteiger partial charge in [0.05, 0.1) is 24.1 Å². The molecular formula is C19H29N3O5. The van der Waals surface area contributed by atoms with Crippen LogP contribution in [0.3, 0.4) is 0 Å². The number of hydrogen-bond donors (Lipinski definition) is 3. The lowest BCUT2D eigenvalue weighted by atomic mass is 9.71. The first-order valence-electron chi connectivity index (χ1n) is 9.49. The SMILES string of the molecule is C[C@@H](O)[C@H]1C(=O)N2C(C(=O)O)=C3[C@H](CCC[C@@H]3N(C)C(=O)NC(C)(C)C)[C@H]12. The number of carboxylic acid groups (broad SMARTS) is 1. The molecule has 0 aromatic carbocycles. The molecule has 0 aromatic rings. The fraction of sp³-hybridized carbons (Fsp3) is 0.737. The van der Waals surface area contributed by atoms with Crippen molar-refractivity contribution in [1.82, 2.24) is 15.1 Å². The summed E-state index contributed by atoms with van der Waals surface area (Å²) < 4.78 is 0. The number of likely N-dealkylation sites (N-methyl/N-ethyl adjacent to an activating group) is 1. The van der Waals surface area contributed by atoms with Gasteiger partial charge in [0.25, 0.3) is 0 Å². The monoisotopic (exact) mass is 379 g/mol. The number of aliphatic hydroxyl groups is 1. The zero-order chi connectivity index (χ0) is 20.3. The summed E-state index contributed by atoms with van der Waals surface area (Å²) in [4.78, 5) is 40.1. The highest BCUT2D eigenvalue weighted by Gasteiger charge is 2.62. The maximum Gasteiger partial charge on any atom is 0.352 e. The molecule has 27 heavy (non-hydrogen) atoms. The third kappa shape index (κ3) is 3.09. The number of nitrogens with zero attached hydrogens (tertiary/aromatic N) is 2. The third-order valence-electron chi connectivity index (χ3n) is 5.86. The third-order valence-corrected chi connectivity index (χ3v) is 5.86. The van der Waals surface area contributed by atoms with Gasteiger partial charge in [-0.25, -0.2) is 9.59 Å². The molecule has 0 spiro atoms. The van der Waals surface area contributed by atoms with Crippen LogP contribution >= 0.6 is 0 Å². The summed E-state index contributed by atoms with van der Waals surface area (Å²) in [5.74, 6) is -2.19. The molecular weight excluding hydrogens is 350 g/mol. The summed E-state index contributed by atoms with van der Waals surface area (Å²) in [6.07, 6.45) is 1.43. The molecule has 3 amide bonds. The van der Waals surface area contributed by atoms with Gasteiger partial charge in [-0.05, 0) is 46.1 Å². The van der Waals surface area contributed by atoms with E-state index < -0.39 is 23.5 Å². The second-order valence-corrected chi connectivity index (χ2v) is 8.92. The summed E-state index contributed by atoms with van der Waals surface area (Å²) in [7, 11) is 1.67. The van der Waals surface area contributed by atoms with Crippen LogP contribution in [0, 0.1) is 11.8 Å². The van der Waals surface area contributed by atoms with E-state index in [1.807, 2.05) is 20.8 Å². The first kappa shape index (κ1) is 19.7. The van der Waals surface area contributed by atoms with Crippen LogP contribution in [-0.4, -0.2) is 68.7 Å². The van der Waals surface area contributed by atoms with Crippen molar-refractivity contribution < 1.29 is 24.6 Å². The van der Waals surface area contributed by atoms with Crippen LogP contribution < -0.4 is 5.32 Å². The van der Waals surface area contributed by atoms with Crippen LogP contribution in [-0.2, 0) is 9.59 Å². The lowest BCUT2D eigenvalue weighted by Crippen LogP contribution is -2.64. The molecule has 8 heteroatoms. The van der Waals surface area contributed by atoms with E-state index in [1.165, 1.54) is 4.90 Å². The number of urea groups is 1. The van der Waals surface area contributed by atoms with Crippen LogP contribution in [0.2, 0.25) is 0 Å². The fourth-order valence-corrected chi connectivity index (χ4v) is 4.81. The molecule has 2 heterocycles.